The number of anilines is 1. The lowest BCUT2D eigenvalue weighted by Crippen LogP contribution is -3.05. The van der Waals surface area contributed by atoms with Crippen molar-refractivity contribution >= 4 is 34.8 Å². The molecule has 5 heteroatoms. The van der Waals surface area contributed by atoms with Gasteiger partial charge in [-0.3, -0.25) is 0 Å². The van der Waals surface area contributed by atoms with Crippen LogP contribution in [0.5, 0.6) is 0 Å². The number of thioether (sulfide) groups is 1. The van der Waals surface area contributed by atoms with Crippen LogP contribution in [-0.2, 0) is 0 Å². The lowest BCUT2D eigenvalue weighted by Gasteiger charge is -2.25. The maximum Gasteiger partial charge on any atom is 0.173 e. The summed E-state index contributed by atoms with van der Waals surface area (Å²) in [5, 5.41) is 4.28. The van der Waals surface area contributed by atoms with Crippen LogP contribution in [0.2, 0.25) is 0 Å². The predicted molar refractivity (Wildman–Crippen MR) is 92.0 cm³/mol. The molecule has 1 aliphatic rings. The Labute approximate surface area is 131 Å². The Bertz CT molecular complexity index is 448. The second-order valence-electron chi connectivity index (χ2n) is 5.36. The van der Waals surface area contributed by atoms with E-state index in [-0.39, 0.29) is 0 Å². The van der Waals surface area contributed by atoms with E-state index < -0.39 is 0 Å². The Morgan fingerprint density at radius 3 is 3.00 bits per heavy atom. The minimum atomic E-state index is 0.869. The molecular formula is C15H24N3S2+. The van der Waals surface area contributed by atoms with Crippen LogP contribution in [0.15, 0.2) is 29.2 Å². The van der Waals surface area contributed by atoms with Gasteiger partial charge in [0.25, 0.3) is 0 Å². The van der Waals surface area contributed by atoms with Gasteiger partial charge in [-0.25, -0.2) is 0 Å². The molecule has 110 valence electrons. The molecule has 2 N–H and O–H groups in total. The highest BCUT2D eigenvalue weighted by atomic mass is 32.2. The van der Waals surface area contributed by atoms with E-state index in [2.05, 4.69) is 48.6 Å². The van der Waals surface area contributed by atoms with E-state index in [1.807, 2.05) is 11.8 Å². The van der Waals surface area contributed by atoms with E-state index in [9.17, 15) is 0 Å². The molecule has 0 aromatic heterocycles. The summed E-state index contributed by atoms with van der Waals surface area (Å²) >= 11 is 7.52. The van der Waals surface area contributed by atoms with E-state index >= 15 is 0 Å². The SMILES string of the molecule is C[NH+](C)CCCNC(=S)N1CCCSc2ccccc21. The second-order valence-corrected chi connectivity index (χ2v) is 6.89. The zero-order valence-corrected chi connectivity index (χ0v) is 13.9. The number of hydrogen-bond donors (Lipinski definition) is 2. The van der Waals surface area contributed by atoms with Gasteiger partial charge in [0.2, 0.25) is 0 Å². The first-order valence-electron chi connectivity index (χ1n) is 7.24. The second kappa shape index (κ2) is 7.86. The molecule has 1 aromatic rings. The van der Waals surface area contributed by atoms with E-state index in [1.165, 1.54) is 34.2 Å². The first kappa shape index (κ1) is 15.6. The highest BCUT2D eigenvalue weighted by molar-refractivity contribution is 7.99. The molecule has 0 atom stereocenters. The van der Waals surface area contributed by atoms with Gasteiger partial charge in [-0.15, -0.1) is 11.8 Å². The third kappa shape index (κ3) is 4.36. The van der Waals surface area contributed by atoms with E-state index in [0.717, 1.165) is 24.6 Å². The van der Waals surface area contributed by atoms with Crippen LogP contribution in [0, 0.1) is 0 Å². The summed E-state index contributed by atoms with van der Waals surface area (Å²) in [6.07, 6.45) is 2.32. The van der Waals surface area contributed by atoms with Crippen LogP contribution in [-0.4, -0.2) is 44.6 Å². The first-order valence-corrected chi connectivity index (χ1v) is 8.64. The summed E-state index contributed by atoms with van der Waals surface area (Å²) in [7, 11) is 4.36. The number of benzene rings is 1. The number of para-hydroxylation sites is 1. The lowest BCUT2D eigenvalue weighted by molar-refractivity contribution is -0.858. The summed E-state index contributed by atoms with van der Waals surface area (Å²) < 4.78 is 0. The number of quaternary nitrogens is 1. The molecule has 1 heterocycles. The standard InChI is InChI=1S/C15H23N3S2/c1-17(2)10-5-9-16-15(19)18-11-6-12-20-14-8-4-3-7-13(14)18/h3-4,7-8H,5-6,9-12H2,1-2H3,(H,16,19)/p+1. The average Bonchev–Trinajstić information content (AvgIpc) is 2.65. The normalized spacial score (nSPS) is 14.8. The zero-order valence-electron chi connectivity index (χ0n) is 12.3. The number of nitrogens with one attached hydrogen (secondary N) is 2. The molecule has 0 fully saturated rings. The molecule has 0 bridgehead atoms. The van der Waals surface area contributed by atoms with Crippen molar-refractivity contribution in [2.45, 2.75) is 17.7 Å². The Kier molecular flexibility index (Phi) is 6.13. The fourth-order valence-corrected chi connectivity index (χ4v) is 3.56. The van der Waals surface area contributed by atoms with Crippen molar-refractivity contribution in [3.63, 3.8) is 0 Å². The number of fused-ring (bicyclic) bond motifs is 1. The molecular weight excluding hydrogens is 286 g/mol. The van der Waals surface area contributed by atoms with Crippen LogP contribution < -0.4 is 15.1 Å². The molecule has 20 heavy (non-hydrogen) atoms. The van der Waals surface area contributed by atoms with E-state index in [1.54, 1.807) is 0 Å². The van der Waals surface area contributed by atoms with Crippen LogP contribution in [0.4, 0.5) is 5.69 Å². The summed E-state index contributed by atoms with van der Waals surface area (Å²) in [6.45, 7) is 3.13. The topological polar surface area (TPSA) is 19.7 Å². The Balaban J connectivity index is 1.95. The number of hydrogen-bond acceptors (Lipinski definition) is 2. The van der Waals surface area contributed by atoms with Crippen molar-refractivity contribution in [2.24, 2.45) is 0 Å². The van der Waals surface area contributed by atoms with Gasteiger partial charge in [0.15, 0.2) is 5.11 Å². The van der Waals surface area contributed by atoms with Crippen molar-refractivity contribution in [3.8, 4) is 0 Å². The molecule has 0 radical (unpaired) electrons. The van der Waals surface area contributed by atoms with Gasteiger partial charge < -0.3 is 15.1 Å². The lowest BCUT2D eigenvalue weighted by atomic mass is 10.3. The van der Waals surface area contributed by atoms with Crippen molar-refractivity contribution in [1.82, 2.24) is 5.32 Å². The van der Waals surface area contributed by atoms with E-state index in [0.29, 0.717) is 0 Å². The zero-order chi connectivity index (χ0) is 14.4. The van der Waals surface area contributed by atoms with Gasteiger partial charge in [0.1, 0.15) is 0 Å². The van der Waals surface area contributed by atoms with Crippen molar-refractivity contribution in [2.75, 3.05) is 44.4 Å². The van der Waals surface area contributed by atoms with Crippen LogP contribution >= 0.6 is 24.0 Å². The van der Waals surface area contributed by atoms with Gasteiger partial charge in [0.05, 0.1) is 26.3 Å². The highest BCUT2D eigenvalue weighted by Crippen LogP contribution is 2.33. The van der Waals surface area contributed by atoms with Crippen LogP contribution in [0.3, 0.4) is 0 Å². The van der Waals surface area contributed by atoms with Crippen molar-refractivity contribution in [3.05, 3.63) is 24.3 Å². The van der Waals surface area contributed by atoms with Crippen molar-refractivity contribution in [1.29, 1.82) is 0 Å². The molecule has 0 amide bonds. The predicted octanol–water partition coefficient (Wildman–Crippen LogP) is 1.40. The monoisotopic (exact) mass is 310 g/mol. The van der Waals surface area contributed by atoms with Crippen LogP contribution in [0.1, 0.15) is 12.8 Å². The molecule has 2 rings (SSSR count). The maximum absolute atomic E-state index is 5.59. The smallest absolute Gasteiger partial charge is 0.173 e. The third-order valence-corrected chi connectivity index (χ3v) is 4.83. The quantitative estimate of drug-likeness (QED) is 0.647. The fraction of sp³-hybridized carbons (Fsp3) is 0.533. The Hall–Kier alpha value is -0.780. The Morgan fingerprint density at radius 1 is 1.40 bits per heavy atom. The van der Waals surface area contributed by atoms with Gasteiger partial charge in [-0.2, -0.15) is 0 Å². The maximum atomic E-state index is 5.59. The molecule has 1 aromatic carbocycles. The Morgan fingerprint density at radius 2 is 2.20 bits per heavy atom. The van der Waals surface area contributed by atoms with Gasteiger partial charge in [-0.1, -0.05) is 12.1 Å². The fourth-order valence-electron chi connectivity index (χ4n) is 2.27. The molecule has 3 nitrogen and oxygen atoms in total. The summed E-state index contributed by atoms with van der Waals surface area (Å²) in [5.74, 6) is 1.17. The molecule has 1 aliphatic heterocycles. The summed E-state index contributed by atoms with van der Waals surface area (Å²) in [5.41, 5.74) is 1.26. The third-order valence-electron chi connectivity index (χ3n) is 3.31. The van der Waals surface area contributed by atoms with Crippen molar-refractivity contribution < 1.29 is 4.90 Å². The highest BCUT2D eigenvalue weighted by Gasteiger charge is 2.18. The minimum absolute atomic E-state index is 0.869. The van der Waals surface area contributed by atoms with Crippen LogP contribution in [0.25, 0.3) is 0 Å². The minimum Gasteiger partial charge on any atom is -0.362 e. The number of rotatable bonds is 4. The van der Waals surface area contributed by atoms with E-state index in [4.69, 9.17) is 12.2 Å². The van der Waals surface area contributed by atoms with Gasteiger partial charge in [0, 0.05) is 24.4 Å². The molecule has 0 aliphatic carbocycles. The van der Waals surface area contributed by atoms with Gasteiger partial charge >= 0.3 is 0 Å². The number of nitrogens with zero attached hydrogens (tertiary/aromatic N) is 1. The largest absolute Gasteiger partial charge is 0.362 e. The number of thiocarbonyl (C=S) groups is 1. The molecule has 0 saturated carbocycles. The van der Waals surface area contributed by atoms with Gasteiger partial charge in [-0.05, 0) is 36.5 Å². The molecule has 0 saturated heterocycles. The average molecular weight is 311 g/mol. The molecule has 0 unspecified atom stereocenters. The first-order chi connectivity index (χ1) is 9.68. The summed E-state index contributed by atoms with van der Waals surface area (Å²) in [6, 6.07) is 8.56. The summed E-state index contributed by atoms with van der Waals surface area (Å²) in [4.78, 5) is 5.08. The molecule has 0 spiro atoms.